The zero-order valence-corrected chi connectivity index (χ0v) is 8.19. The number of fused-ring (bicyclic) bond motifs is 1. The molecule has 2 heterocycles. The number of nitrogens with zero attached hydrogens (tertiary/aromatic N) is 1. The van der Waals surface area contributed by atoms with Gasteiger partial charge in [-0.2, -0.15) is 0 Å². The molecule has 0 spiro atoms. The van der Waals surface area contributed by atoms with Gasteiger partial charge in [-0.3, -0.25) is 0 Å². The highest BCUT2D eigenvalue weighted by Gasteiger charge is 2.35. The van der Waals surface area contributed by atoms with Crippen LogP contribution in [0.1, 0.15) is 0 Å². The van der Waals surface area contributed by atoms with Gasteiger partial charge in [0, 0.05) is 11.2 Å². The molecule has 2 unspecified atom stereocenters. The minimum Gasteiger partial charge on any atom is -0.463 e. The van der Waals surface area contributed by atoms with Crippen molar-refractivity contribution in [1.82, 2.24) is 0 Å². The zero-order chi connectivity index (χ0) is 10.1. The van der Waals surface area contributed by atoms with E-state index in [0.29, 0.717) is 5.03 Å². The molecule has 0 bridgehead atoms. The number of aliphatic imine (C=N–C) groups is 1. The Morgan fingerprint density at radius 2 is 2.50 bits per heavy atom. The highest BCUT2D eigenvalue weighted by Crippen LogP contribution is 2.34. The van der Waals surface area contributed by atoms with E-state index in [4.69, 9.17) is 16.3 Å². The average molecular weight is 214 g/mol. The van der Waals surface area contributed by atoms with Gasteiger partial charge in [0.1, 0.15) is 0 Å². The van der Waals surface area contributed by atoms with Gasteiger partial charge in [-0.25, -0.2) is 9.79 Å². The van der Waals surface area contributed by atoms with Gasteiger partial charge in [0.05, 0.1) is 13.0 Å². The number of hydrogen-bond donors (Lipinski definition) is 0. The van der Waals surface area contributed by atoms with Crippen LogP contribution in [0, 0.1) is 5.92 Å². The van der Waals surface area contributed by atoms with Crippen molar-refractivity contribution >= 4 is 23.8 Å². The second-order valence-corrected chi connectivity index (χ2v) is 3.34. The lowest BCUT2D eigenvalue weighted by molar-refractivity contribution is -0.140. The van der Waals surface area contributed by atoms with E-state index in [-0.39, 0.29) is 11.7 Å². The average Bonchev–Trinajstić information content (AvgIpc) is 2.62. The number of dihydropyridines is 1. The van der Waals surface area contributed by atoms with Gasteiger partial charge in [0.15, 0.2) is 0 Å². The number of ether oxygens (including phenoxy) is 2. The van der Waals surface area contributed by atoms with Crippen LogP contribution in [0.15, 0.2) is 27.9 Å². The predicted octanol–water partition coefficient (Wildman–Crippen LogP) is 1.22. The Hall–Kier alpha value is -1.29. The maximum atomic E-state index is 11.1. The molecule has 0 aromatic rings. The third kappa shape index (κ3) is 1.42. The van der Waals surface area contributed by atoms with Crippen LogP contribution in [-0.4, -0.2) is 25.5 Å². The first-order valence-electron chi connectivity index (χ1n) is 4.08. The summed E-state index contributed by atoms with van der Waals surface area (Å²) in [6.45, 7) is 0. The molecule has 0 radical (unpaired) electrons. The lowest BCUT2D eigenvalue weighted by atomic mass is 10.1. The number of rotatable bonds is 1. The van der Waals surface area contributed by atoms with E-state index in [2.05, 4.69) is 9.73 Å². The minimum absolute atomic E-state index is 0.157. The molecule has 0 saturated carbocycles. The van der Waals surface area contributed by atoms with Crippen LogP contribution in [0.25, 0.3) is 0 Å². The maximum absolute atomic E-state index is 11.1. The van der Waals surface area contributed by atoms with Crippen molar-refractivity contribution in [3.05, 3.63) is 22.9 Å². The van der Waals surface area contributed by atoms with Crippen molar-refractivity contribution in [2.24, 2.45) is 10.9 Å². The molecule has 0 amide bonds. The number of esters is 1. The van der Waals surface area contributed by atoms with E-state index in [0.717, 1.165) is 0 Å². The first kappa shape index (κ1) is 9.27. The number of carbonyl (C=O) groups is 1. The molecule has 5 heteroatoms. The summed E-state index contributed by atoms with van der Waals surface area (Å²) in [5.41, 5.74) is 0. The van der Waals surface area contributed by atoms with Crippen LogP contribution in [0.5, 0.6) is 0 Å². The molecule has 2 aliphatic heterocycles. The van der Waals surface area contributed by atoms with Gasteiger partial charge in [0.2, 0.25) is 12.0 Å². The van der Waals surface area contributed by atoms with Crippen LogP contribution in [0.3, 0.4) is 0 Å². The van der Waals surface area contributed by atoms with Crippen LogP contribution < -0.4 is 0 Å². The Bertz CT molecular complexity index is 359. The molecular formula is C9H8ClNO3. The van der Waals surface area contributed by atoms with E-state index >= 15 is 0 Å². The van der Waals surface area contributed by atoms with Crippen LogP contribution in [0.4, 0.5) is 0 Å². The molecular weight excluding hydrogens is 206 g/mol. The van der Waals surface area contributed by atoms with Crippen molar-refractivity contribution < 1.29 is 14.3 Å². The summed E-state index contributed by atoms with van der Waals surface area (Å²) in [5, 5.41) is 0.615. The van der Waals surface area contributed by atoms with Crippen molar-refractivity contribution in [2.45, 2.75) is 6.23 Å². The number of methoxy groups -OCH3 is 1. The molecule has 0 N–H and O–H groups in total. The molecule has 0 fully saturated rings. The van der Waals surface area contributed by atoms with E-state index in [9.17, 15) is 4.79 Å². The third-order valence-corrected chi connectivity index (χ3v) is 2.44. The molecule has 2 aliphatic rings. The molecule has 0 aromatic heterocycles. The van der Waals surface area contributed by atoms with E-state index in [1.54, 1.807) is 18.4 Å². The van der Waals surface area contributed by atoms with Gasteiger partial charge >= 0.3 is 5.97 Å². The molecule has 4 nitrogen and oxygen atoms in total. The van der Waals surface area contributed by atoms with Gasteiger partial charge in [0.25, 0.3) is 0 Å². The van der Waals surface area contributed by atoms with Crippen molar-refractivity contribution in [2.75, 3.05) is 7.11 Å². The summed E-state index contributed by atoms with van der Waals surface area (Å²) in [5.74, 6) is -0.483. The Morgan fingerprint density at radius 3 is 3.14 bits per heavy atom. The van der Waals surface area contributed by atoms with E-state index in [1.165, 1.54) is 7.11 Å². The van der Waals surface area contributed by atoms with Crippen molar-refractivity contribution in [1.29, 1.82) is 0 Å². The summed E-state index contributed by atoms with van der Waals surface area (Å²) < 4.78 is 9.78. The zero-order valence-electron chi connectivity index (χ0n) is 7.44. The topological polar surface area (TPSA) is 47.9 Å². The smallest absolute Gasteiger partial charge is 0.373 e. The summed E-state index contributed by atoms with van der Waals surface area (Å²) >= 11 is 5.92. The van der Waals surface area contributed by atoms with Crippen molar-refractivity contribution in [3.63, 3.8) is 0 Å². The molecule has 74 valence electrons. The second kappa shape index (κ2) is 3.46. The fraction of sp³-hybridized carbons (Fsp3) is 0.333. The van der Waals surface area contributed by atoms with E-state index in [1.807, 2.05) is 0 Å². The summed E-state index contributed by atoms with van der Waals surface area (Å²) in [6.07, 6.45) is 4.47. The van der Waals surface area contributed by atoms with Crippen molar-refractivity contribution in [3.8, 4) is 0 Å². The lowest BCUT2D eigenvalue weighted by Crippen LogP contribution is -2.18. The van der Waals surface area contributed by atoms with Crippen LogP contribution >= 0.6 is 11.6 Å². The highest BCUT2D eigenvalue weighted by molar-refractivity contribution is 6.31. The Balaban J connectivity index is 2.21. The van der Waals surface area contributed by atoms with Gasteiger partial charge in [-0.15, -0.1) is 0 Å². The Labute approximate surface area is 85.9 Å². The SMILES string of the molecule is COC(=O)C1=CC2C(Cl)=CC=NC2O1. The maximum Gasteiger partial charge on any atom is 0.373 e. The molecule has 2 rings (SSSR count). The van der Waals surface area contributed by atoms with Gasteiger partial charge in [-0.05, 0) is 12.2 Å². The number of halogens is 1. The molecule has 0 saturated heterocycles. The largest absolute Gasteiger partial charge is 0.463 e. The summed E-state index contributed by atoms with van der Waals surface area (Å²) in [7, 11) is 1.30. The third-order valence-electron chi connectivity index (χ3n) is 2.06. The molecule has 0 aromatic carbocycles. The van der Waals surface area contributed by atoms with Gasteiger partial charge in [-0.1, -0.05) is 11.6 Å². The van der Waals surface area contributed by atoms with Crippen LogP contribution in [0.2, 0.25) is 0 Å². The first-order chi connectivity index (χ1) is 6.72. The quantitative estimate of drug-likeness (QED) is 0.616. The predicted molar refractivity (Wildman–Crippen MR) is 50.9 cm³/mol. The lowest BCUT2D eigenvalue weighted by Gasteiger charge is -2.16. The summed E-state index contributed by atoms with van der Waals surface area (Å²) in [6, 6.07) is 0. The Kier molecular flexibility index (Phi) is 2.29. The molecule has 0 aliphatic carbocycles. The molecule has 14 heavy (non-hydrogen) atoms. The standard InChI is InChI=1S/C9H8ClNO3/c1-13-9(12)7-4-5-6(10)2-3-11-8(5)14-7/h2-5,8H,1H3. The van der Waals surface area contributed by atoms with E-state index < -0.39 is 12.2 Å². The first-order valence-corrected chi connectivity index (χ1v) is 4.46. The normalized spacial score (nSPS) is 28.7. The van der Waals surface area contributed by atoms with Gasteiger partial charge < -0.3 is 9.47 Å². The number of allylic oxidation sites excluding steroid dienone is 1. The van der Waals surface area contributed by atoms with Crippen LogP contribution in [-0.2, 0) is 14.3 Å². The Morgan fingerprint density at radius 1 is 1.71 bits per heavy atom. The fourth-order valence-electron chi connectivity index (χ4n) is 1.35. The monoisotopic (exact) mass is 213 g/mol. The number of carbonyl (C=O) groups excluding carboxylic acids is 1. The second-order valence-electron chi connectivity index (χ2n) is 2.91. The minimum atomic E-state index is -0.501. The highest BCUT2D eigenvalue weighted by atomic mass is 35.5. The summed E-state index contributed by atoms with van der Waals surface area (Å²) in [4.78, 5) is 15.2. The molecule has 2 atom stereocenters. The number of hydrogen-bond acceptors (Lipinski definition) is 4. The fourth-order valence-corrected chi connectivity index (χ4v) is 1.58.